The molecule has 1 rings (SSSR count). The minimum Gasteiger partial charge on any atom is -0.497 e. The summed E-state index contributed by atoms with van der Waals surface area (Å²) in [4.78, 5) is 0. The molecule has 28 heavy (non-hydrogen) atoms. The first kappa shape index (κ1) is 24.5. The fraction of sp³-hybridized carbons (Fsp3) is 0.680. The van der Waals surface area contributed by atoms with Crippen LogP contribution in [-0.2, 0) is 16.1 Å². The van der Waals surface area contributed by atoms with Crippen LogP contribution in [0.5, 0.6) is 5.75 Å². The summed E-state index contributed by atoms with van der Waals surface area (Å²) in [6, 6.07) is 7.97. The van der Waals surface area contributed by atoms with Gasteiger partial charge in [0.2, 0.25) is 0 Å². The van der Waals surface area contributed by atoms with Gasteiger partial charge in [0, 0.05) is 13.0 Å². The standard InChI is InChI=1S/C25H40O3/c1-3-4-5-6-7-8-9-10-11-12-13-14-15-20-27-21-22-28-23-24-16-18-25(26-2)19-17-24/h1,16-19H,4-15,20-23H2,2H3. The van der Waals surface area contributed by atoms with Gasteiger partial charge in [-0.15, -0.1) is 12.3 Å². The number of rotatable bonds is 19. The van der Waals surface area contributed by atoms with Crippen molar-refractivity contribution in [1.82, 2.24) is 0 Å². The first-order valence-electron chi connectivity index (χ1n) is 11.1. The fourth-order valence-electron chi connectivity index (χ4n) is 3.15. The summed E-state index contributed by atoms with van der Waals surface area (Å²) in [5, 5.41) is 0. The van der Waals surface area contributed by atoms with Crippen LogP contribution in [0.25, 0.3) is 0 Å². The van der Waals surface area contributed by atoms with E-state index >= 15 is 0 Å². The van der Waals surface area contributed by atoms with E-state index in [9.17, 15) is 0 Å². The summed E-state index contributed by atoms with van der Waals surface area (Å²) >= 11 is 0. The van der Waals surface area contributed by atoms with Crippen LogP contribution in [0.2, 0.25) is 0 Å². The van der Waals surface area contributed by atoms with E-state index < -0.39 is 0 Å². The minimum atomic E-state index is 0.623. The van der Waals surface area contributed by atoms with E-state index in [0.717, 1.165) is 30.8 Å². The van der Waals surface area contributed by atoms with Crippen LogP contribution in [0, 0.1) is 12.3 Å². The van der Waals surface area contributed by atoms with Crippen molar-refractivity contribution < 1.29 is 14.2 Å². The molecule has 0 saturated heterocycles. The van der Waals surface area contributed by atoms with Crippen molar-refractivity contribution >= 4 is 0 Å². The molecule has 0 atom stereocenters. The van der Waals surface area contributed by atoms with Gasteiger partial charge in [-0.3, -0.25) is 0 Å². The van der Waals surface area contributed by atoms with Crippen LogP contribution in [0.15, 0.2) is 24.3 Å². The number of hydrogen-bond acceptors (Lipinski definition) is 3. The van der Waals surface area contributed by atoms with Crippen molar-refractivity contribution in [3.05, 3.63) is 29.8 Å². The molecule has 3 nitrogen and oxygen atoms in total. The molecule has 0 amide bonds. The molecule has 0 aliphatic carbocycles. The monoisotopic (exact) mass is 388 g/mol. The Bertz CT molecular complexity index is 490. The van der Waals surface area contributed by atoms with Gasteiger partial charge in [-0.2, -0.15) is 0 Å². The summed E-state index contributed by atoms with van der Waals surface area (Å²) in [5.41, 5.74) is 1.16. The number of benzene rings is 1. The third kappa shape index (κ3) is 14.5. The minimum absolute atomic E-state index is 0.623. The molecule has 1 aromatic carbocycles. The van der Waals surface area contributed by atoms with Crippen LogP contribution in [0.1, 0.15) is 82.6 Å². The maximum atomic E-state index is 5.65. The summed E-state index contributed by atoms with van der Waals surface area (Å²) in [7, 11) is 1.68. The molecule has 0 radical (unpaired) electrons. The maximum absolute atomic E-state index is 5.65. The summed E-state index contributed by atoms with van der Waals surface area (Å²) in [6.45, 7) is 2.80. The third-order valence-corrected chi connectivity index (χ3v) is 4.91. The Labute approximate surface area is 173 Å². The number of unbranched alkanes of at least 4 members (excludes halogenated alkanes) is 11. The lowest BCUT2D eigenvalue weighted by Gasteiger charge is -2.07. The molecule has 0 aliphatic rings. The lowest BCUT2D eigenvalue weighted by molar-refractivity contribution is 0.0392. The van der Waals surface area contributed by atoms with Crippen LogP contribution >= 0.6 is 0 Å². The van der Waals surface area contributed by atoms with Gasteiger partial charge in [-0.1, -0.05) is 69.9 Å². The Morgan fingerprint density at radius 1 is 0.679 bits per heavy atom. The molecule has 0 unspecified atom stereocenters. The van der Waals surface area contributed by atoms with Crippen molar-refractivity contribution in [3.63, 3.8) is 0 Å². The Morgan fingerprint density at radius 3 is 1.79 bits per heavy atom. The molecule has 158 valence electrons. The maximum Gasteiger partial charge on any atom is 0.118 e. The van der Waals surface area contributed by atoms with Crippen LogP contribution in [0.4, 0.5) is 0 Å². The zero-order valence-corrected chi connectivity index (χ0v) is 17.9. The van der Waals surface area contributed by atoms with Crippen molar-refractivity contribution in [2.75, 3.05) is 26.9 Å². The van der Waals surface area contributed by atoms with Gasteiger partial charge in [0.05, 0.1) is 26.9 Å². The second kappa shape index (κ2) is 18.8. The highest BCUT2D eigenvalue weighted by Gasteiger charge is 1.96. The van der Waals surface area contributed by atoms with Gasteiger partial charge in [0.15, 0.2) is 0 Å². The zero-order valence-electron chi connectivity index (χ0n) is 17.9. The summed E-state index contributed by atoms with van der Waals surface area (Å²) < 4.78 is 16.4. The van der Waals surface area contributed by atoms with Crippen LogP contribution in [-0.4, -0.2) is 26.9 Å². The Balaban J connectivity index is 1.74. The van der Waals surface area contributed by atoms with Crippen molar-refractivity contribution in [2.24, 2.45) is 0 Å². The molecule has 0 aliphatic heterocycles. The first-order valence-corrected chi connectivity index (χ1v) is 11.1. The van der Waals surface area contributed by atoms with Gasteiger partial charge < -0.3 is 14.2 Å². The topological polar surface area (TPSA) is 27.7 Å². The van der Waals surface area contributed by atoms with Gasteiger partial charge in [0.25, 0.3) is 0 Å². The lowest BCUT2D eigenvalue weighted by atomic mass is 10.1. The average molecular weight is 389 g/mol. The van der Waals surface area contributed by atoms with Gasteiger partial charge >= 0.3 is 0 Å². The van der Waals surface area contributed by atoms with Crippen molar-refractivity contribution in [2.45, 2.75) is 83.7 Å². The molecular formula is C25H40O3. The molecule has 1 aromatic rings. The molecule has 0 bridgehead atoms. The molecule has 0 saturated carbocycles. The molecular weight excluding hydrogens is 348 g/mol. The van der Waals surface area contributed by atoms with E-state index in [-0.39, 0.29) is 0 Å². The van der Waals surface area contributed by atoms with E-state index in [1.165, 1.54) is 64.2 Å². The second-order valence-corrected chi connectivity index (χ2v) is 7.36. The summed E-state index contributed by atoms with van der Waals surface area (Å²) in [5.74, 6) is 3.58. The Kier molecular flexibility index (Phi) is 16.5. The number of ether oxygens (including phenoxy) is 3. The van der Waals surface area contributed by atoms with Gasteiger partial charge in [-0.05, 0) is 30.5 Å². The van der Waals surface area contributed by atoms with E-state index in [4.69, 9.17) is 20.6 Å². The third-order valence-electron chi connectivity index (χ3n) is 4.91. The largest absolute Gasteiger partial charge is 0.497 e. The zero-order chi connectivity index (χ0) is 20.1. The number of methoxy groups -OCH3 is 1. The molecule has 0 N–H and O–H groups in total. The quantitative estimate of drug-likeness (QED) is 0.199. The summed E-state index contributed by atoms with van der Waals surface area (Å²) in [6.07, 6.45) is 20.7. The molecule has 3 heteroatoms. The molecule has 0 fully saturated rings. The lowest BCUT2D eigenvalue weighted by Crippen LogP contribution is -2.05. The molecule has 0 heterocycles. The predicted molar refractivity (Wildman–Crippen MR) is 118 cm³/mol. The first-order chi connectivity index (χ1) is 13.9. The Morgan fingerprint density at radius 2 is 1.21 bits per heavy atom. The molecule has 0 spiro atoms. The Hall–Kier alpha value is -1.50. The number of hydrogen-bond donors (Lipinski definition) is 0. The van der Waals surface area contributed by atoms with E-state index in [1.807, 2.05) is 24.3 Å². The highest BCUT2D eigenvalue weighted by atomic mass is 16.5. The highest BCUT2D eigenvalue weighted by molar-refractivity contribution is 5.26. The van der Waals surface area contributed by atoms with E-state index in [0.29, 0.717) is 19.8 Å². The van der Waals surface area contributed by atoms with Crippen molar-refractivity contribution in [1.29, 1.82) is 0 Å². The smallest absolute Gasteiger partial charge is 0.118 e. The second-order valence-electron chi connectivity index (χ2n) is 7.36. The normalized spacial score (nSPS) is 10.7. The SMILES string of the molecule is C#CCCCCCCCCCCCCCOCCOCc1ccc(OC)cc1. The van der Waals surface area contributed by atoms with Crippen molar-refractivity contribution in [3.8, 4) is 18.1 Å². The predicted octanol–water partition coefficient (Wildman–Crippen LogP) is 6.54. The number of terminal acetylenes is 1. The van der Waals surface area contributed by atoms with Gasteiger partial charge in [0.1, 0.15) is 5.75 Å². The molecule has 0 aromatic heterocycles. The van der Waals surface area contributed by atoms with Crippen LogP contribution in [0.3, 0.4) is 0 Å². The van der Waals surface area contributed by atoms with E-state index in [2.05, 4.69) is 5.92 Å². The van der Waals surface area contributed by atoms with Gasteiger partial charge in [-0.25, -0.2) is 0 Å². The van der Waals surface area contributed by atoms with E-state index in [1.54, 1.807) is 7.11 Å². The highest BCUT2D eigenvalue weighted by Crippen LogP contribution is 2.13. The average Bonchev–Trinajstić information content (AvgIpc) is 2.73. The fourth-order valence-corrected chi connectivity index (χ4v) is 3.15. The van der Waals surface area contributed by atoms with Crippen LogP contribution < -0.4 is 4.74 Å².